The molecule has 1 aromatic carbocycles. The Morgan fingerprint density at radius 3 is 1.53 bits per heavy atom. The van der Waals surface area contributed by atoms with E-state index in [-0.39, 0.29) is 94.3 Å². The van der Waals surface area contributed by atoms with Gasteiger partial charge in [0.1, 0.15) is 5.75 Å². The molecule has 2 N–H and O–H groups in total. The number of rotatable bonds is 2. The van der Waals surface area contributed by atoms with E-state index in [0.717, 1.165) is 0 Å². The molecule has 0 heterocycles. The maximum atomic E-state index is 8.34. The summed E-state index contributed by atoms with van der Waals surface area (Å²) < 4.78 is 4.53. The third-order valence-electron chi connectivity index (χ3n) is 0.985. The van der Waals surface area contributed by atoms with Crippen LogP contribution in [0, 0.1) is 0 Å². The molecular formula is C6H12BLi5O3. The Morgan fingerprint density at radius 2 is 1.20 bits per heavy atom. The standard InChI is InChI=1S/C6H7BO3.5Li.5H/c8-7(9)10-6-4-2-1-3-5-6;;;;;;;;;;/h1-5,8-9H;;;;;;;;;;. The Hall–Kier alpha value is 1.99. The van der Waals surface area contributed by atoms with Crippen molar-refractivity contribution in [2.45, 2.75) is 0 Å². The molecule has 0 unspecified atom stereocenters. The Balaban J connectivity index is -0.0000000667. The molecule has 0 amide bonds. The van der Waals surface area contributed by atoms with E-state index in [9.17, 15) is 0 Å². The van der Waals surface area contributed by atoms with Crippen LogP contribution < -0.4 is 4.65 Å². The average molecular weight is 178 g/mol. The minimum atomic E-state index is -1.73. The van der Waals surface area contributed by atoms with E-state index in [0.29, 0.717) is 5.75 Å². The fraction of sp³-hybridized carbons (Fsp3) is 0. The monoisotopic (exact) mass is 178 g/mol. The average Bonchev–Trinajstić information content (AvgIpc) is 1.88. The van der Waals surface area contributed by atoms with E-state index >= 15 is 0 Å². The molecule has 0 bridgehead atoms. The Morgan fingerprint density at radius 1 is 0.800 bits per heavy atom. The molecule has 62 valence electrons. The van der Waals surface area contributed by atoms with Gasteiger partial charge in [-0.05, 0) is 12.1 Å². The van der Waals surface area contributed by atoms with Gasteiger partial charge in [-0.15, -0.1) is 0 Å². The van der Waals surface area contributed by atoms with Gasteiger partial charge in [0, 0.05) is 0 Å². The zero-order valence-corrected chi connectivity index (χ0v) is 5.27. The van der Waals surface area contributed by atoms with Gasteiger partial charge in [0.2, 0.25) is 0 Å². The zero-order chi connectivity index (χ0) is 7.40. The van der Waals surface area contributed by atoms with Gasteiger partial charge in [-0.3, -0.25) is 0 Å². The first-order valence-corrected chi connectivity index (χ1v) is 2.87. The predicted molar refractivity (Wildman–Crippen MR) is 73.0 cm³/mol. The number of hydrogen-bond donors (Lipinski definition) is 2. The van der Waals surface area contributed by atoms with Gasteiger partial charge in [-0.25, -0.2) is 0 Å². The maximum absolute atomic E-state index is 8.34. The van der Waals surface area contributed by atoms with Crippen molar-refractivity contribution >= 4 is 102 Å². The second-order valence-electron chi connectivity index (χ2n) is 1.76. The van der Waals surface area contributed by atoms with Crippen LogP contribution in [-0.2, 0) is 0 Å². The van der Waals surface area contributed by atoms with E-state index in [1.54, 1.807) is 24.3 Å². The van der Waals surface area contributed by atoms with Crippen molar-refractivity contribution in [3.05, 3.63) is 30.3 Å². The molecular weight excluding hydrogens is 166 g/mol. The molecule has 0 aliphatic rings. The van der Waals surface area contributed by atoms with Crippen molar-refractivity contribution in [1.82, 2.24) is 0 Å². The SMILES string of the molecule is OB(O)Oc1ccccc1.[LiH].[LiH].[LiH].[LiH].[LiH]. The van der Waals surface area contributed by atoms with Crippen LogP contribution in [0.5, 0.6) is 5.75 Å². The number of para-hydroxylation sites is 1. The predicted octanol–water partition coefficient (Wildman–Crippen LogP) is -3.21. The summed E-state index contributed by atoms with van der Waals surface area (Å²) in [4.78, 5) is 0. The van der Waals surface area contributed by atoms with Gasteiger partial charge in [0.25, 0.3) is 0 Å². The van der Waals surface area contributed by atoms with Crippen LogP contribution in [0.2, 0.25) is 0 Å². The first-order valence-electron chi connectivity index (χ1n) is 2.87. The molecule has 0 aliphatic heterocycles. The van der Waals surface area contributed by atoms with Gasteiger partial charge in [-0.2, -0.15) is 0 Å². The van der Waals surface area contributed by atoms with Crippen LogP contribution in [0.3, 0.4) is 0 Å². The second kappa shape index (κ2) is 18.4. The van der Waals surface area contributed by atoms with E-state index in [2.05, 4.69) is 4.65 Å². The molecule has 0 radical (unpaired) electrons. The molecule has 15 heavy (non-hydrogen) atoms. The molecule has 0 fully saturated rings. The molecule has 0 aromatic heterocycles. The summed E-state index contributed by atoms with van der Waals surface area (Å²) >= 11 is 0. The fourth-order valence-electron chi connectivity index (χ4n) is 0.621. The van der Waals surface area contributed by atoms with Gasteiger partial charge in [-0.1, -0.05) is 18.2 Å². The summed E-state index contributed by atoms with van der Waals surface area (Å²) in [6, 6.07) is 8.59. The van der Waals surface area contributed by atoms with Gasteiger partial charge in [0.15, 0.2) is 0 Å². The topological polar surface area (TPSA) is 49.7 Å². The molecule has 0 aliphatic carbocycles. The van der Waals surface area contributed by atoms with Gasteiger partial charge in [0.05, 0.1) is 0 Å². The number of hydrogen-bond acceptors (Lipinski definition) is 3. The van der Waals surface area contributed by atoms with Crippen molar-refractivity contribution in [2.24, 2.45) is 0 Å². The molecule has 1 rings (SSSR count). The zero-order valence-electron chi connectivity index (χ0n) is 5.27. The van der Waals surface area contributed by atoms with Crippen LogP contribution in [0.1, 0.15) is 0 Å². The normalized spacial score (nSPS) is 6.00. The summed E-state index contributed by atoms with van der Waals surface area (Å²) in [7, 11) is -1.73. The minimum absolute atomic E-state index is 0. The van der Waals surface area contributed by atoms with E-state index in [1.807, 2.05) is 6.07 Å². The molecule has 0 atom stereocenters. The first-order chi connectivity index (χ1) is 4.79. The Kier molecular flexibility index (Phi) is 37.0. The summed E-state index contributed by atoms with van der Waals surface area (Å²) in [6.07, 6.45) is 0. The molecule has 0 saturated carbocycles. The van der Waals surface area contributed by atoms with Crippen LogP contribution >= 0.6 is 0 Å². The first kappa shape index (κ1) is 30.2. The summed E-state index contributed by atoms with van der Waals surface area (Å²) in [5, 5.41) is 16.7. The number of benzene rings is 1. The summed E-state index contributed by atoms with van der Waals surface area (Å²) in [5.74, 6) is 0.442. The quantitative estimate of drug-likeness (QED) is 0.468. The summed E-state index contributed by atoms with van der Waals surface area (Å²) in [5.41, 5.74) is 0. The van der Waals surface area contributed by atoms with Crippen molar-refractivity contribution < 1.29 is 14.7 Å². The van der Waals surface area contributed by atoms with Crippen molar-refractivity contribution in [3.63, 3.8) is 0 Å². The molecule has 1 aromatic rings. The van der Waals surface area contributed by atoms with Crippen molar-refractivity contribution in [2.75, 3.05) is 0 Å². The van der Waals surface area contributed by atoms with Crippen LogP contribution in [0.15, 0.2) is 30.3 Å². The Labute approximate surface area is 151 Å². The van der Waals surface area contributed by atoms with Crippen LogP contribution in [0.4, 0.5) is 0 Å². The molecule has 0 saturated heterocycles. The third kappa shape index (κ3) is 16.0. The van der Waals surface area contributed by atoms with Crippen LogP contribution in [-0.4, -0.2) is 112 Å². The third-order valence-corrected chi connectivity index (χ3v) is 0.985. The van der Waals surface area contributed by atoms with Crippen molar-refractivity contribution in [1.29, 1.82) is 0 Å². The molecule has 3 nitrogen and oxygen atoms in total. The van der Waals surface area contributed by atoms with Gasteiger partial charge < -0.3 is 14.7 Å². The van der Waals surface area contributed by atoms with E-state index < -0.39 is 7.32 Å². The second-order valence-corrected chi connectivity index (χ2v) is 1.76. The van der Waals surface area contributed by atoms with Crippen molar-refractivity contribution in [3.8, 4) is 5.75 Å². The van der Waals surface area contributed by atoms with Gasteiger partial charge >= 0.3 is 102 Å². The molecule has 9 heteroatoms. The van der Waals surface area contributed by atoms with E-state index in [4.69, 9.17) is 10.0 Å². The fourth-order valence-corrected chi connectivity index (χ4v) is 0.621. The molecule has 0 spiro atoms. The van der Waals surface area contributed by atoms with E-state index in [1.165, 1.54) is 0 Å². The summed E-state index contributed by atoms with van der Waals surface area (Å²) in [6.45, 7) is 0. The van der Waals surface area contributed by atoms with Crippen LogP contribution in [0.25, 0.3) is 0 Å². The Bertz CT molecular complexity index is 201.